The summed E-state index contributed by atoms with van der Waals surface area (Å²) < 4.78 is 0. The number of fused-ring (bicyclic) bond motifs is 1. The van der Waals surface area contributed by atoms with Gasteiger partial charge in [-0.05, 0) is 36.3 Å². The van der Waals surface area contributed by atoms with E-state index in [4.69, 9.17) is 0 Å². The molecule has 1 aromatic rings. The van der Waals surface area contributed by atoms with E-state index in [0.29, 0.717) is 5.54 Å². The molecule has 2 rings (SSSR count). The maximum atomic E-state index is 3.77. The van der Waals surface area contributed by atoms with Crippen molar-refractivity contribution in [3.8, 4) is 0 Å². The molecule has 0 aliphatic carbocycles. The third-order valence-corrected chi connectivity index (χ3v) is 4.76. The number of hydrogen-bond donors (Lipinski definition) is 1. The van der Waals surface area contributed by atoms with Crippen LogP contribution in [0.1, 0.15) is 50.0 Å². The molecule has 1 aliphatic rings. The van der Waals surface area contributed by atoms with Gasteiger partial charge in [-0.2, -0.15) is 0 Å². The average Bonchev–Trinajstić information content (AvgIpc) is 2.75. The second-order valence-corrected chi connectivity index (χ2v) is 5.41. The van der Waals surface area contributed by atoms with Crippen LogP contribution < -0.4 is 5.32 Å². The van der Waals surface area contributed by atoms with Gasteiger partial charge in [0.1, 0.15) is 0 Å². The average molecular weight is 223 g/mol. The predicted octanol–water partition coefficient (Wildman–Crippen LogP) is 3.69. The van der Waals surface area contributed by atoms with E-state index < -0.39 is 0 Å². The van der Waals surface area contributed by atoms with Gasteiger partial charge in [0.15, 0.2) is 0 Å². The molecule has 1 unspecified atom stereocenters. The zero-order valence-corrected chi connectivity index (χ0v) is 10.6. The Morgan fingerprint density at radius 2 is 2.33 bits per heavy atom. The summed E-state index contributed by atoms with van der Waals surface area (Å²) in [7, 11) is 0. The van der Waals surface area contributed by atoms with Gasteiger partial charge in [0.05, 0.1) is 5.54 Å². The van der Waals surface area contributed by atoms with E-state index in [1.807, 2.05) is 11.3 Å². The lowest BCUT2D eigenvalue weighted by atomic mass is 9.83. The molecule has 1 aromatic heterocycles. The molecule has 2 heteroatoms. The van der Waals surface area contributed by atoms with E-state index in [9.17, 15) is 0 Å². The summed E-state index contributed by atoms with van der Waals surface area (Å²) >= 11 is 1.94. The van der Waals surface area contributed by atoms with Gasteiger partial charge in [0.25, 0.3) is 0 Å². The summed E-state index contributed by atoms with van der Waals surface area (Å²) in [5.41, 5.74) is 1.90. The van der Waals surface area contributed by atoms with Gasteiger partial charge in [0, 0.05) is 11.4 Å². The summed E-state index contributed by atoms with van der Waals surface area (Å²) in [5.74, 6) is 0. The minimum Gasteiger partial charge on any atom is -0.306 e. The van der Waals surface area contributed by atoms with Crippen LogP contribution >= 0.6 is 11.3 Å². The van der Waals surface area contributed by atoms with E-state index in [2.05, 4.69) is 30.6 Å². The molecule has 0 spiro atoms. The zero-order valence-electron chi connectivity index (χ0n) is 9.81. The molecule has 0 amide bonds. The Labute approximate surface area is 96.9 Å². The van der Waals surface area contributed by atoms with Crippen molar-refractivity contribution in [2.24, 2.45) is 0 Å². The number of hydrogen-bond acceptors (Lipinski definition) is 2. The van der Waals surface area contributed by atoms with Crippen molar-refractivity contribution in [3.05, 3.63) is 21.9 Å². The molecule has 1 N–H and O–H groups in total. The van der Waals surface area contributed by atoms with Crippen LogP contribution in [0.3, 0.4) is 0 Å². The van der Waals surface area contributed by atoms with Crippen LogP contribution in [0.25, 0.3) is 0 Å². The first-order valence-corrected chi connectivity index (χ1v) is 7.02. The summed E-state index contributed by atoms with van der Waals surface area (Å²) in [6, 6.07) is 2.32. The SMILES string of the molecule is CCCCC1(CC)NCCc2ccsc21. The normalized spacial score (nSPS) is 25.2. The molecule has 15 heavy (non-hydrogen) atoms. The monoisotopic (exact) mass is 223 g/mol. The molecule has 0 saturated heterocycles. The van der Waals surface area contributed by atoms with Gasteiger partial charge in [-0.1, -0.05) is 26.7 Å². The third-order valence-electron chi connectivity index (χ3n) is 3.60. The fourth-order valence-electron chi connectivity index (χ4n) is 2.61. The van der Waals surface area contributed by atoms with Crippen molar-refractivity contribution >= 4 is 11.3 Å². The Morgan fingerprint density at radius 1 is 1.47 bits per heavy atom. The highest BCUT2D eigenvalue weighted by atomic mass is 32.1. The van der Waals surface area contributed by atoms with Gasteiger partial charge >= 0.3 is 0 Å². The molecule has 0 radical (unpaired) electrons. The quantitative estimate of drug-likeness (QED) is 0.821. The van der Waals surface area contributed by atoms with Gasteiger partial charge in [-0.3, -0.25) is 0 Å². The molecule has 0 aromatic carbocycles. The predicted molar refractivity (Wildman–Crippen MR) is 67.5 cm³/mol. The molecule has 0 bridgehead atoms. The molecule has 1 aliphatic heterocycles. The second kappa shape index (κ2) is 4.67. The molecule has 2 heterocycles. The van der Waals surface area contributed by atoms with Crippen LogP contribution in [0, 0.1) is 0 Å². The summed E-state index contributed by atoms with van der Waals surface area (Å²) in [4.78, 5) is 1.62. The van der Waals surface area contributed by atoms with Gasteiger partial charge < -0.3 is 5.32 Å². The molecule has 1 atom stereocenters. The maximum Gasteiger partial charge on any atom is 0.0528 e. The Hall–Kier alpha value is -0.340. The molecule has 1 nitrogen and oxygen atoms in total. The lowest BCUT2D eigenvalue weighted by Crippen LogP contribution is -2.46. The molecule has 0 saturated carbocycles. The molecular weight excluding hydrogens is 202 g/mol. The van der Waals surface area contributed by atoms with Crippen LogP contribution in [-0.2, 0) is 12.0 Å². The van der Waals surface area contributed by atoms with Crippen LogP contribution in [0.2, 0.25) is 0 Å². The first kappa shape index (κ1) is 11.2. The van der Waals surface area contributed by atoms with E-state index in [1.165, 1.54) is 32.1 Å². The van der Waals surface area contributed by atoms with Gasteiger partial charge in [-0.15, -0.1) is 11.3 Å². The lowest BCUT2D eigenvalue weighted by Gasteiger charge is -2.38. The smallest absolute Gasteiger partial charge is 0.0528 e. The zero-order chi connectivity index (χ0) is 10.7. The number of thiophene rings is 1. The fraction of sp³-hybridized carbons (Fsp3) is 0.692. The van der Waals surface area contributed by atoms with Gasteiger partial charge in [-0.25, -0.2) is 0 Å². The molecular formula is C13H21NS. The highest BCUT2D eigenvalue weighted by molar-refractivity contribution is 7.10. The highest BCUT2D eigenvalue weighted by Crippen LogP contribution is 2.39. The van der Waals surface area contributed by atoms with E-state index in [-0.39, 0.29) is 0 Å². The summed E-state index contributed by atoms with van der Waals surface area (Å²) in [5, 5.41) is 6.03. The fourth-order valence-corrected chi connectivity index (χ4v) is 3.85. The maximum absolute atomic E-state index is 3.77. The minimum atomic E-state index is 0.303. The van der Waals surface area contributed by atoms with Crippen LogP contribution in [-0.4, -0.2) is 6.54 Å². The second-order valence-electron chi connectivity index (χ2n) is 4.49. The van der Waals surface area contributed by atoms with Crippen molar-refractivity contribution in [3.63, 3.8) is 0 Å². The topological polar surface area (TPSA) is 12.0 Å². The highest BCUT2D eigenvalue weighted by Gasteiger charge is 2.34. The largest absolute Gasteiger partial charge is 0.306 e. The van der Waals surface area contributed by atoms with Gasteiger partial charge in [0.2, 0.25) is 0 Å². The Morgan fingerprint density at radius 3 is 3.07 bits per heavy atom. The van der Waals surface area contributed by atoms with Crippen molar-refractivity contribution in [1.29, 1.82) is 0 Å². The first-order chi connectivity index (χ1) is 7.32. The van der Waals surface area contributed by atoms with Crippen LogP contribution in [0.15, 0.2) is 11.4 Å². The Kier molecular flexibility index (Phi) is 3.47. The van der Waals surface area contributed by atoms with E-state index in [0.717, 1.165) is 6.54 Å². The minimum absolute atomic E-state index is 0.303. The summed E-state index contributed by atoms with van der Waals surface area (Å²) in [6.07, 6.45) is 6.36. The van der Waals surface area contributed by atoms with Crippen molar-refractivity contribution in [2.45, 2.75) is 51.5 Å². The number of rotatable bonds is 4. The molecule has 84 valence electrons. The summed E-state index contributed by atoms with van der Waals surface area (Å²) in [6.45, 7) is 5.75. The van der Waals surface area contributed by atoms with Crippen molar-refractivity contribution < 1.29 is 0 Å². The van der Waals surface area contributed by atoms with Crippen LogP contribution in [0.4, 0.5) is 0 Å². The standard InChI is InChI=1S/C13H21NS/c1-3-5-8-13(4-2)12-11(6-9-14-13)7-10-15-12/h7,10,14H,3-6,8-9H2,1-2H3. The Bertz CT molecular complexity index is 318. The number of unbranched alkanes of at least 4 members (excludes halogenated alkanes) is 1. The lowest BCUT2D eigenvalue weighted by molar-refractivity contribution is 0.281. The van der Waals surface area contributed by atoms with Crippen LogP contribution in [0.5, 0.6) is 0 Å². The van der Waals surface area contributed by atoms with Crippen molar-refractivity contribution in [2.75, 3.05) is 6.54 Å². The van der Waals surface area contributed by atoms with E-state index >= 15 is 0 Å². The third kappa shape index (κ3) is 1.98. The number of nitrogens with one attached hydrogen (secondary N) is 1. The van der Waals surface area contributed by atoms with E-state index in [1.54, 1.807) is 10.4 Å². The molecule has 0 fully saturated rings. The first-order valence-electron chi connectivity index (χ1n) is 6.14. The Balaban J connectivity index is 2.26. The van der Waals surface area contributed by atoms with Crippen molar-refractivity contribution in [1.82, 2.24) is 5.32 Å².